The Morgan fingerprint density at radius 1 is 1.12 bits per heavy atom. The van der Waals surface area contributed by atoms with Crippen LogP contribution in [0.25, 0.3) is 0 Å². The summed E-state index contributed by atoms with van der Waals surface area (Å²) in [6.45, 7) is 6.64. The van der Waals surface area contributed by atoms with Gasteiger partial charge in [-0.1, -0.05) is 30.5 Å². The van der Waals surface area contributed by atoms with Gasteiger partial charge < -0.3 is 14.7 Å². The van der Waals surface area contributed by atoms with E-state index in [0.717, 1.165) is 30.9 Å². The first-order valence-electron chi connectivity index (χ1n) is 12.2. The molecule has 3 fully saturated rings. The highest BCUT2D eigenvalue weighted by atomic mass is 35.5. The zero-order valence-electron chi connectivity index (χ0n) is 20.0. The number of aromatic nitrogens is 3. The third kappa shape index (κ3) is 3.85. The standard InChI is InChI=1S/C25H33ClN5O3/c1-16-13-30(14-17(2)25(16,33)19-4-5-19)24(32)18-10-11-31(15-18,21-7-6-20(26)12-27-21)22-8-9-23(34-3)29-28-22/h6-9,12,16-19,33H,4-5,10-11,13-15H2,1-3H3/q+1/t16-,17+,18-,25+,31?/m0/s1. The molecule has 9 heteroatoms. The van der Waals surface area contributed by atoms with E-state index in [-0.39, 0.29) is 23.7 Å². The number of aliphatic hydroxyl groups is 1. The molecule has 0 spiro atoms. The van der Waals surface area contributed by atoms with E-state index in [4.69, 9.17) is 16.3 Å². The Bertz CT molecular complexity index is 1030. The van der Waals surface area contributed by atoms with Gasteiger partial charge in [-0.15, -0.1) is 5.10 Å². The van der Waals surface area contributed by atoms with Gasteiger partial charge in [-0.25, -0.2) is 9.47 Å². The normalized spacial score (nSPS) is 33.7. The number of quaternary nitrogens is 1. The molecule has 2 aliphatic heterocycles. The summed E-state index contributed by atoms with van der Waals surface area (Å²) < 4.78 is 5.53. The number of halogens is 1. The molecule has 4 heterocycles. The fourth-order valence-electron chi connectivity index (χ4n) is 6.24. The second-order valence-electron chi connectivity index (χ2n) is 10.3. The van der Waals surface area contributed by atoms with Gasteiger partial charge in [-0.05, 0) is 24.8 Å². The minimum Gasteiger partial charge on any atom is -0.480 e. The van der Waals surface area contributed by atoms with E-state index >= 15 is 0 Å². The first-order chi connectivity index (χ1) is 16.3. The molecule has 1 N–H and O–H groups in total. The average Bonchev–Trinajstić information content (AvgIpc) is 3.61. The van der Waals surface area contributed by atoms with Crippen molar-refractivity contribution in [3.63, 3.8) is 0 Å². The van der Waals surface area contributed by atoms with E-state index in [1.807, 2.05) is 23.1 Å². The van der Waals surface area contributed by atoms with Crippen molar-refractivity contribution in [1.82, 2.24) is 24.6 Å². The monoisotopic (exact) mass is 486 g/mol. The van der Waals surface area contributed by atoms with Crippen molar-refractivity contribution in [3.05, 3.63) is 35.5 Å². The molecule has 2 aromatic rings. The number of likely N-dealkylation sites (tertiary alicyclic amines) is 1. The Hall–Kier alpha value is -2.29. The zero-order valence-corrected chi connectivity index (χ0v) is 20.8. The molecule has 0 radical (unpaired) electrons. The van der Waals surface area contributed by atoms with Crippen molar-refractivity contribution in [2.24, 2.45) is 23.7 Å². The van der Waals surface area contributed by atoms with E-state index in [9.17, 15) is 9.90 Å². The predicted molar refractivity (Wildman–Crippen MR) is 130 cm³/mol. The van der Waals surface area contributed by atoms with Crippen molar-refractivity contribution < 1.29 is 14.6 Å². The summed E-state index contributed by atoms with van der Waals surface area (Å²) in [7, 11) is 1.56. The lowest BCUT2D eigenvalue weighted by molar-refractivity contribution is -0.154. The van der Waals surface area contributed by atoms with Crippen LogP contribution in [0.2, 0.25) is 5.02 Å². The topological polar surface area (TPSA) is 88.4 Å². The van der Waals surface area contributed by atoms with Gasteiger partial charge in [0.15, 0.2) is 0 Å². The fourth-order valence-corrected chi connectivity index (χ4v) is 6.36. The average molecular weight is 487 g/mol. The van der Waals surface area contributed by atoms with Gasteiger partial charge in [0.25, 0.3) is 5.82 Å². The third-order valence-electron chi connectivity index (χ3n) is 8.27. The molecule has 1 aliphatic carbocycles. The first-order valence-corrected chi connectivity index (χ1v) is 12.5. The minimum atomic E-state index is -0.655. The van der Waals surface area contributed by atoms with Gasteiger partial charge in [-0.3, -0.25) is 4.79 Å². The zero-order chi connectivity index (χ0) is 24.1. The molecule has 34 heavy (non-hydrogen) atoms. The van der Waals surface area contributed by atoms with E-state index < -0.39 is 5.60 Å². The van der Waals surface area contributed by atoms with Crippen LogP contribution in [0.4, 0.5) is 11.6 Å². The number of ether oxygens (including phenoxy) is 1. The van der Waals surface area contributed by atoms with Crippen LogP contribution in [0.5, 0.6) is 5.88 Å². The van der Waals surface area contributed by atoms with Crippen molar-refractivity contribution >= 4 is 29.1 Å². The Kier molecular flexibility index (Phi) is 6.02. The fraction of sp³-hybridized carbons (Fsp3) is 0.600. The van der Waals surface area contributed by atoms with Crippen LogP contribution in [0, 0.1) is 23.7 Å². The highest BCUT2D eigenvalue weighted by molar-refractivity contribution is 6.30. The molecule has 0 aromatic carbocycles. The lowest BCUT2D eigenvalue weighted by Crippen LogP contribution is -2.59. The summed E-state index contributed by atoms with van der Waals surface area (Å²) in [6.07, 6.45) is 4.55. The predicted octanol–water partition coefficient (Wildman–Crippen LogP) is 3.45. The van der Waals surface area contributed by atoms with Crippen LogP contribution in [0.1, 0.15) is 33.1 Å². The van der Waals surface area contributed by atoms with Gasteiger partial charge >= 0.3 is 0 Å². The molecule has 182 valence electrons. The molecule has 2 aromatic heterocycles. The molecule has 2 saturated heterocycles. The van der Waals surface area contributed by atoms with Crippen LogP contribution >= 0.6 is 11.6 Å². The number of amides is 1. The van der Waals surface area contributed by atoms with Crippen molar-refractivity contribution in [2.45, 2.75) is 38.7 Å². The van der Waals surface area contributed by atoms with Crippen molar-refractivity contribution in [3.8, 4) is 5.88 Å². The van der Waals surface area contributed by atoms with Crippen LogP contribution in [-0.4, -0.2) is 70.0 Å². The summed E-state index contributed by atoms with van der Waals surface area (Å²) in [5.74, 6) is 2.49. The van der Waals surface area contributed by atoms with Gasteiger partial charge in [-0.2, -0.15) is 0 Å². The second-order valence-corrected chi connectivity index (χ2v) is 10.8. The molecule has 8 nitrogen and oxygen atoms in total. The molecule has 5 rings (SSSR count). The van der Waals surface area contributed by atoms with E-state index in [1.165, 1.54) is 0 Å². The number of hydrogen-bond donors (Lipinski definition) is 1. The van der Waals surface area contributed by atoms with Crippen LogP contribution < -0.4 is 9.22 Å². The summed E-state index contributed by atoms with van der Waals surface area (Å²) in [5.41, 5.74) is -0.655. The number of carbonyl (C=O) groups is 1. The molecule has 1 amide bonds. The molecule has 3 aliphatic rings. The number of piperidine rings is 1. The Morgan fingerprint density at radius 2 is 1.82 bits per heavy atom. The molecule has 1 unspecified atom stereocenters. The number of nitrogens with zero attached hydrogens (tertiary/aromatic N) is 5. The summed E-state index contributed by atoms with van der Waals surface area (Å²) in [6, 6.07) is 7.42. The molecular weight excluding hydrogens is 454 g/mol. The van der Waals surface area contributed by atoms with Crippen molar-refractivity contribution in [2.75, 3.05) is 33.3 Å². The Morgan fingerprint density at radius 3 is 2.38 bits per heavy atom. The van der Waals surface area contributed by atoms with Crippen LogP contribution in [0.15, 0.2) is 30.5 Å². The van der Waals surface area contributed by atoms with Crippen LogP contribution in [0.3, 0.4) is 0 Å². The smallest absolute Gasteiger partial charge is 0.253 e. The maximum atomic E-state index is 13.7. The SMILES string of the molecule is COc1ccc([N+]2(c3ccc(Cl)cn3)CC[C@H](C(=O)N3C[C@@H](C)[C@@](O)(C4CC4)[C@@H](C)C3)C2)nn1. The second kappa shape index (κ2) is 8.73. The Balaban J connectivity index is 1.40. The lowest BCUT2D eigenvalue weighted by atomic mass is 9.71. The number of rotatable bonds is 5. The quantitative estimate of drug-likeness (QED) is 0.651. The first kappa shape index (κ1) is 23.5. The number of methoxy groups -OCH3 is 1. The largest absolute Gasteiger partial charge is 0.480 e. The summed E-state index contributed by atoms with van der Waals surface area (Å²) in [5, 5.41) is 20.6. The van der Waals surface area contributed by atoms with Gasteiger partial charge in [0.1, 0.15) is 6.54 Å². The molecular formula is C25H33ClN5O3+. The Labute approximate surface area is 205 Å². The summed E-state index contributed by atoms with van der Waals surface area (Å²) in [4.78, 5) is 20.3. The van der Waals surface area contributed by atoms with E-state index in [0.29, 0.717) is 47.5 Å². The van der Waals surface area contributed by atoms with Gasteiger partial charge in [0.2, 0.25) is 17.6 Å². The summed E-state index contributed by atoms with van der Waals surface area (Å²) >= 11 is 6.11. The number of hydrogen-bond acceptors (Lipinski definition) is 6. The molecule has 5 atom stereocenters. The van der Waals surface area contributed by atoms with Gasteiger partial charge in [0.05, 0.1) is 36.4 Å². The molecule has 1 saturated carbocycles. The lowest BCUT2D eigenvalue weighted by Gasteiger charge is -2.48. The number of carbonyl (C=O) groups excluding carboxylic acids is 1. The van der Waals surface area contributed by atoms with Crippen LogP contribution in [-0.2, 0) is 4.79 Å². The maximum Gasteiger partial charge on any atom is 0.253 e. The number of pyridine rings is 1. The third-order valence-corrected chi connectivity index (χ3v) is 8.50. The van der Waals surface area contributed by atoms with Crippen molar-refractivity contribution in [1.29, 1.82) is 0 Å². The van der Waals surface area contributed by atoms with E-state index in [1.54, 1.807) is 19.4 Å². The van der Waals surface area contributed by atoms with E-state index in [2.05, 4.69) is 29.0 Å². The van der Waals surface area contributed by atoms with Gasteiger partial charge in [0, 0.05) is 49.5 Å². The minimum absolute atomic E-state index is 0.0683. The highest BCUT2D eigenvalue weighted by Crippen LogP contribution is 2.50. The highest BCUT2D eigenvalue weighted by Gasteiger charge is 2.55. The molecule has 0 bridgehead atoms. The maximum absolute atomic E-state index is 13.7.